The third-order valence-electron chi connectivity index (χ3n) is 2.65. The van der Waals surface area contributed by atoms with Crippen LogP contribution in [0.2, 0.25) is 0 Å². The minimum absolute atomic E-state index is 0.146. The van der Waals surface area contributed by atoms with Crippen molar-refractivity contribution < 1.29 is 9.63 Å². The van der Waals surface area contributed by atoms with E-state index in [-0.39, 0.29) is 11.2 Å². The first-order valence-electron chi connectivity index (χ1n) is 6.49. The van der Waals surface area contributed by atoms with E-state index >= 15 is 0 Å². The largest absolute Gasteiger partial charge is 0.274 e. The number of nitrogens with one attached hydrogen (secondary N) is 1. The molecule has 2 rings (SSSR count). The maximum atomic E-state index is 12.2. The van der Waals surface area contributed by atoms with Gasteiger partial charge in [-0.3, -0.25) is 9.63 Å². The van der Waals surface area contributed by atoms with E-state index in [9.17, 15) is 4.79 Å². The topological polar surface area (TPSA) is 38.3 Å². The Labute approximate surface area is 123 Å². The van der Waals surface area contributed by atoms with E-state index in [0.717, 1.165) is 10.5 Å². The standard InChI is InChI=1S/C16H17NO2S/c1-2-19-17-16(18)15(13-9-5-3-6-10-13)20-14-11-7-4-8-12-14/h3-12,15H,2H2,1H3,(H,17,18)/t15-/m1/s1. The molecule has 0 saturated carbocycles. The van der Waals surface area contributed by atoms with Crippen LogP contribution in [0.25, 0.3) is 0 Å². The monoisotopic (exact) mass is 287 g/mol. The highest BCUT2D eigenvalue weighted by Crippen LogP contribution is 2.35. The molecule has 0 aliphatic carbocycles. The molecule has 0 aliphatic rings. The quantitative estimate of drug-likeness (QED) is 0.652. The summed E-state index contributed by atoms with van der Waals surface area (Å²) in [6, 6.07) is 19.6. The molecular formula is C16H17NO2S. The SMILES string of the molecule is CCONC(=O)[C@H](Sc1ccccc1)c1ccccc1. The fourth-order valence-electron chi connectivity index (χ4n) is 1.73. The minimum atomic E-state index is -0.329. The van der Waals surface area contributed by atoms with Gasteiger partial charge in [-0.25, -0.2) is 5.48 Å². The molecule has 1 amide bonds. The van der Waals surface area contributed by atoms with Crippen molar-refractivity contribution in [3.8, 4) is 0 Å². The average Bonchev–Trinajstić information content (AvgIpc) is 2.52. The molecule has 0 aromatic heterocycles. The van der Waals surface area contributed by atoms with Crippen molar-refractivity contribution in [2.75, 3.05) is 6.61 Å². The molecular weight excluding hydrogens is 270 g/mol. The van der Waals surface area contributed by atoms with Crippen LogP contribution < -0.4 is 5.48 Å². The molecule has 104 valence electrons. The van der Waals surface area contributed by atoms with Gasteiger partial charge in [0, 0.05) is 4.90 Å². The van der Waals surface area contributed by atoms with E-state index < -0.39 is 0 Å². The number of hydrogen-bond donors (Lipinski definition) is 1. The van der Waals surface area contributed by atoms with Gasteiger partial charge in [-0.05, 0) is 24.6 Å². The van der Waals surface area contributed by atoms with Gasteiger partial charge in [0.2, 0.25) is 0 Å². The van der Waals surface area contributed by atoms with Crippen molar-refractivity contribution in [2.45, 2.75) is 17.1 Å². The van der Waals surface area contributed by atoms with Crippen LogP contribution in [0.3, 0.4) is 0 Å². The lowest BCUT2D eigenvalue weighted by atomic mass is 10.1. The maximum absolute atomic E-state index is 12.2. The molecule has 20 heavy (non-hydrogen) atoms. The van der Waals surface area contributed by atoms with Crippen LogP contribution in [0.4, 0.5) is 0 Å². The van der Waals surface area contributed by atoms with Crippen molar-refractivity contribution in [3.05, 3.63) is 66.2 Å². The molecule has 0 radical (unpaired) electrons. The molecule has 0 fully saturated rings. The van der Waals surface area contributed by atoms with Crippen molar-refractivity contribution in [1.82, 2.24) is 5.48 Å². The summed E-state index contributed by atoms with van der Waals surface area (Å²) >= 11 is 1.51. The number of thioether (sulfide) groups is 1. The van der Waals surface area contributed by atoms with Crippen LogP contribution >= 0.6 is 11.8 Å². The summed E-state index contributed by atoms with van der Waals surface area (Å²) in [5, 5.41) is -0.329. The third-order valence-corrected chi connectivity index (χ3v) is 3.92. The minimum Gasteiger partial charge on any atom is -0.274 e. The summed E-state index contributed by atoms with van der Waals surface area (Å²) in [4.78, 5) is 18.3. The molecule has 1 atom stereocenters. The van der Waals surface area contributed by atoms with Crippen LogP contribution in [-0.4, -0.2) is 12.5 Å². The van der Waals surface area contributed by atoms with Crippen LogP contribution in [0.1, 0.15) is 17.7 Å². The normalized spacial score (nSPS) is 11.8. The second kappa shape index (κ2) is 7.72. The highest BCUT2D eigenvalue weighted by Gasteiger charge is 2.21. The van der Waals surface area contributed by atoms with Crippen LogP contribution in [0.15, 0.2) is 65.6 Å². The summed E-state index contributed by atoms with van der Waals surface area (Å²) in [5.74, 6) is -0.146. The van der Waals surface area contributed by atoms with Gasteiger partial charge in [0.25, 0.3) is 5.91 Å². The first-order chi connectivity index (χ1) is 9.81. The summed E-state index contributed by atoms with van der Waals surface area (Å²) in [6.45, 7) is 2.28. The maximum Gasteiger partial charge on any atom is 0.261 e. The van der Waals surface area contributed by atoms with Crippen LogP contribution in [0.5, 0.6) is 0 Å². The molecule has 0 spiro atoms. The molecule has 4 heteroatoms. The predicted octanol–water partition coefficient (Wildman–Crippen LogP) is 3.59. The Morgan fingerprint density at radius 1 is 1.10 bits per heavy atom. The van der Waals surface area contributed by atoms with E-state index in [4.69, 9.17) is 4.84 Å². The number of hydroxylamine groups is 1. The van der Waals surface area contributed by atoms with Crippen molar-refractivity contribution >= 4 is 17.7 Å². The Bertz CT molecular complexity index is 531. The molecule has 0 saturated heterocycles. The molecule has 0 bridgehead atoms. The smallest absolute Gasteiger partial charge is 0.261 e. The van der Waals surface area contributed by atoms with Crippen molar-refractivity contribution in [1.29, 1.82) is 0 Å². The number of hydrogen-bond acceptors (Lipinski definition) is 3. The van der Waals surface area contributed by atoms with Gasteiger partial charge in [0.15, 0.2) is 0 Å². The Balaban J connectivity index is 2.18. The Kier molecular flexibility index (Phi) is 5.65. The van der Waals surface area contributed by atoms with E-state index in [1.54, 1.807) is 0 Å². The molecule has 0 heterocycles. The van der Waals surface area contributed by atoms with E-state index in [0.29, 0.717) is 6.61 Å². The predicted molar refractivity (Wildman–Crippen MR) is 81.3 cm³/mol. The fraction of sp³-hybridized carbons (Fsp3) is 0.188. The first kappa shape index (κ1) is 14.6. The third kappa shape index (κ3) is 4.11. The average molecular weight is 287 g/mol. The van der Waals surface area contributed by atoms with E-state index in [2.05, 4.69) is 5.48 Å². The Morgan fingerprint density at radius 3 is 2.30 bits per heavy atom. The number of carbonyl (C=O) groups excluding carboxylic acids is 1. The Morgan fingerprint density at radius 2 is 1.70 bits per heavy atom. The van der Waals surface area contributed by atoms with Gasteiger partial charge in [0.05, 0.1) is 6.61 Å². The number of benzene rings is 2. The second-order valence-electron chi connectivity index (χ2n) is 4.12. The van der Waals surface area contributed by atoms with Gasteiger partial charge in [-0.15, -0.1) is 11.8 Å². The van der Waals surface area contributed by atoms with Crippen LogP contribution in [0, 0.1) is 0 Å². The molecule has 0 aliphatic heterocycles. The van der Waals surface area contributed by atoms with Gasteiger partial charge in [-0.1, -0.05) is 48.5 Å². The summed E-state index contributed by atoms with van der Waals surface area (Å²) < 4.78 is 0. The van der Waals surface area contributed by atoms with Gasteiger partial charge in [0.1, 0.15) is 5.25 Å². The molecule has 2 aromatic carbocycles. The highest BCUT2D eigenvalue weighted by atomic mass is 32.2. The summed E-state index contributed by atoms with van der Waals surface area (Å²) in [7, 11) is 0. The lowest BCUT2D eigenvalue weighted by Gasteiger charge is -2.16. The summed E-state index contributed by atoms with van der Waals surface area (Å²) in [5.41, 5.74) is 3.45. The zero-order valence-corrected chi connectivity index (χ0v) is 12.1. The van der Waals surface area contributed by atoms with Crippen LogP contribution in [-0.2, 0) is 9.63 Å². The number of carbonyl (C=O) groups is 1. The number of amides is 1. The zero-order chi connectivity index (χ0) is 14.2. The van der Waals surface area contributed by atoms with E-state index in [1.807, 2.05) is 67.6 Å². The second-order valence-corrected chi connectivity index (χ2v) is 5.30. The lowest BCUT2D eigenvalue weighted by molar-refractivity contribution is -0.132. The molecule has 3 nitrogen and oxygen atoms in total. The molecule has 0 unspecified atom stereocenters. The van der Waals surface area contributed by atoms with Crippen molar-refractivity contribution in [3.63, 3.8) is 0 Å². The Hall–Kier alpha value is -1.78. The van der Waals surface area contributed by atoms with Gasteiger partial charge in [-0.2, -0.15) is 0 Å². The molecule has 2 aromatic rings. The number of rotatable bonds is 6. The van der Waals surface area contributed by atoms with Gasteiger partial charge >= 0.3 is 0 Å². The zero-order valence-electron chi connectivity index (χ0n) is 11.3. The first-order valence-corrected chi connectivity index (χ1v) is 7.37. The summed E-state index contributed by atoms with van der Waals surface area (Å²) in [6.07, 6.45) is 0. The van der Waals surface area contributed by atoms with E-state index in [1.165, 1.54) is 11.8 Å². The van der Waals surface area contributed by atoms with Gasteiger partial charge < -0.3 is 0 Å². The lowest BCUT2D eigenvalue weighted by Crippen LogP contribution is -2.28. The highest BCUT2D eigenvalue weighted by molar-refractivity contribution is 8.00. The molecule has 1 N–H and O–H groups in total. The fourth-order valence-corrected chi connectivity index (χ4v) is 2.77. The van der Waals surface area contributed by atoms with Crippen molar-refractivity contribution in [2.24, 2.45) is 0 Å².